The van der Waals surface area contributed by atoms with E-state index in [0.29, 0.717) is 44.5 Å². The third kappa shape index (κ3) is 3.97. The van der Waals surface area contributed by atoms with E-state index in [2.05, 4.69) is 0 Å². The molecule has 0 unspecified atom stereocenters. The molecule has 1 aromatic carbocycles. The Morgan fingerprint density at radius 2 is 1.79 bits per heavy atom. The first kappa shape index (κ1) is 21.2. The van der Waals surface area contributed by atoms with Gasteiger partial charge in [0.1, 0.15) is 5.54 Å². The Morgan fingerprint density at radius 1 is 1.14 bits per heavy atom. The highest BCUT2D eigenvalue weighted by Gasteiger charge is 2.57. The highest BCUT2D eigenvalue weighted by molar-refractivity contribution is 6.07. The molecule has 1 aromatic rings. The first-order chi connectivity index (χ1) is 13.7. The van der Waals surface area contributed by atoms with Gasteiger partial charge in [-0.15, -0.1) is 0 Å². The van der Waals surface area contributed by atoms with Crippen LogP contribution in [0.1, 0.15) is 38.7 Å². The van der Waals surface area contributed by atoms with Crippen molar-refractivity contribution in [1.82, 2.24) is 14.7 Å². The lowest BCUT2D eigenvalue weighted by Gasteiger charge is -2.42. The lowest BCUT2D eigenvalue weighted by atomic mass is 9.85. The molecular formula is C21H27F2N3O3. The van der Waals surface area contributed by atoms with Gasteiger partial charge in [0.15, 0.2) is 11.6 Å². The van der Waals surface area contributed by atoms with Gasteiger partial charge in [-0.2, -0.15) is 0 Å². The number of hydrogen-bond acceptors (Lipinski definition) is 3. The number of likely N-dealkylation sites (N-methyl/N-ethyl adjacent to an activating group) is 1. The van der Waals surface area contributed by atoms with Crippen molar-refractivity contribution in [1.29, 1.82) is 0 Å². The Hall–Kier alpha value is -2.51. The maximum absolute atomic E-state index is 13.3. The van der Waals surface area contributed by atoms with Crippen LogP contribution in [-0.2, 0) is 16.0 Å². The smallest absolute Gasteiger partial charge is 0.327 e. The highest BCUT2D eigenvalue weighted by Crippen LogP contribution is 2.37. The summed E-state index contributed by atoms with van der Waals surface area (Å²) in [4.78, 5) is 42.5. The Labute approximate surface area is 169 Å². The van der Waals surface area contributed by atoms with E-state index in [4.69, 9.17) is 0 Å². The summed E-state index contributed by atoms with van der Waals surface area (Å²) in [7, 11) is 1.51. The largest absolute Gasteiger partial charge is 0.342 e. The maximum Gasteiger partial charge on any atom is 0.327 e. The average Bonchev–Trinajstić information content (AvgIpc) is 2.85. The fourth-order valence-corrected chi connectivity index (χ4v) is 4.21. The predicted molar refractivity (Wildman–Crippen MR) is 103 cm³/mol. The van der Waals surface area contributed by atoms with Gasteiger partial charge in [0.25, 0.3) is 5.91 Å². The van der Waals surface area contributed by atoms with Gasteiger partial charge in [-0.1, -0.05) is 19.9 Å². The molecule has 3 rings (SSSR count). The molecule has 2 heterocycles. The Balaban J connectivity index is 1.62. The normalized spacial score (nSPS) is 19.0. The number of likely N-dealkylation sites (tertiary alicyclic amines) is 1. The summed E-state index contributed by atoms with van der Waals surface area (Å²) >= 11 is 0. The van der Waals surface area contributed by atoms with E-state index < -0.39 is 17.2 Å². The molecule has 0 bridgehead atoms. The number of halogens is 2. The van der Waals surface area contributed by atoms with Gasteiger partial charge in [0.2, 0.25) is 5.91 Å². The van der Waals surface area contributed by atoms with E-state index in [0.717, 1.165) is 12.1 Å². The number of carbonyl (C=O) groups is 3. The zero-order valence-corrected chi connectivity index (χ0v) is 17.1. The highest BCUT2D eigenvalue weighted by atomic mass is 19.2. The number of urea groups is 1. The van der Waals surface area contributed by atoms with Crippen molar-refractivity contribution in [2.24, 2.45) is 5.92 Å². The van der Waals surface area contributed by atoms with Crippen molar-refractivity contribution >= 4 is 17.8 Å². The molecule has 0 N–H and O–H groups in total. The summed E-state index contributed by atoms with van der Waals surface area (Å²) < 4.78 is 26.3. The van der Waals surface area contributed by atoms with Crippen molar-refractivity contribution in [3.63, 3.8) is 0 Å². The van der Waals surface area contributed by atoms with E-state index in [-0.39, 0.29) is 30.2 Å². The molecule has 158 valence electrons. The minimum atomic E-state index is -0.923. The lowest BCUT2D eigenvalue weighted by molar-refractivity contribution is -0.140. The molecule has 0 atom stereocenters. The molecule has 0 radical (unpaired) electrons. The molecule has 4 amide bonds. The van der Waals surface area contributed by atoms with Crippen LogP contribution >= 0.6 is 0 Å². The van der Waals surface area contributed by atoms with Crippen LogP contribution in [-0.4, -0.2) is 64.8 Å². The molecule has 2 aliphatic heterocycles. The number of amides is 4. The van der Waals surface area contributed by atoms with Gasteiger partial charge in [0, 0.05) is 33.1 Å². The minimum Gasteiger partial charge on any atom is -0.342 e. The molecular weight excluding hydrogens is 380 g/mol. The van der Waals surface area contributed by atoms with Crippen molar-refractivity contribution in [2.45, 2.75) is 45.1 Å². The second-order valence-electron chi connectivity index (χ2n) is 8.31. The topological polar surface area (TPSA) is 60.9 Å². The molecule has 0 aliphatic carbocycles. The average molecular weight is 407 g/mol. The molecule has 2 fully saturated rings. The van der Waals surface area contributed by atoms with Crippen LogP contribution in [0.15, 0.2) is 18.2 Å². The van der Waals surface area contributed by atoms with Crippen LogP contribution in [0, 0.1) is 17.6 Å². The number of piperidine rings is 1. The first-order valence-corrected chi connectivity index (χ1v) is 9.97. The number of rotatable bonds is 5. The molecule has 6 nitrogen and oxygen atoms in total. The van der Waals surface area contributed by atoms with E-state index in [1.807, 2.05) is 13.8 Å². The standard InChI is InChI=1S/C21H27F2N3O3/c1-14(2)13-26-20(29)24(3)19(28)21(26)8-10-25(11-9-21)18(27)7-5-15-4-6-16(22)17(23)12-15/h4,6,12,14H,5,7-11,13H2,1-3H3. The summed E-state index contributed by atoms with van der Waals surface area (Å²) in [5, 5.41) is 0. The minimum absolute atomic E-state index is 0.0925. The number of nitrogens with zero attached hydrogens (tertiary/aromatic N) is 3. The third-order valence-electron chi connectivity index (χ3n) is 5.84. The summed E-state index contributed by atoms with van der Waals surface area (Å²) in [6, 6.07) is 3.36. The summed E-state index contributed by atoms with van der Waals surface area (Å²) in [5.74, 6) is -1.89. The van der Waals surface area contributed by atoms with Gasteiger partial charge in [0.05, 0.1) is 0 Å². The quantitative estimate of drug-likeness (QED) is 0.706. The summed E-state index contributed by atoms with van der Waals surface area (Å²) in [6.07, 6.45) is 1.31. The molecule has 8 heteroatoms. The van der Waals surface area contributed by atoms with Gasteiger partial charge in [-0.3, -0.25) is 14.5 Å². The third-order valence-corrected chi connectivity index (χ3v) is 5.84. The Bertz CT molecular complexity index is 819. The molecule has 1 spiro atoms. The lowest BCUT2D eigenvalue weighted by Crippen LogP contribution is -2.58. The summed E-state index contributed by atoms with van der Waals surface area (Å²) in [5.41, 5.74) is -0.306. The Kier molecular flexibility index (Phi) is 5.91. The van der Waals surface area contributed by atoms with Gasteiger partial charge in [-0.25, -0.2) is 13.6 Å². The van der Waals surface area contributed by atoms with Crippen molar-refractivity contribution in [2.75, 3.05) is 26.7 Å². The van der Waals surface area contributed by atoms with E-state index in [9.17, 15) is 23.2 Å². The molecule has 0 saturated carbocycles. The van der Waals surface area contributed by atoms with Crippen molar-refractivity contribution in [3.05, 3.63) is 35.4 Å². The molecule has 2 aliphatic rings. The zero-order chi connectivity index (χ0) is 21.3. The number of imide groups is 1. The monoisotopic (exact) mass is 407 g/mol. The number of hydrogen-bond donors (Lipinski definition) is 0. The molecule has 0 aromatic heterocycles. The zero-order valence-electron chi connectivity index (χ0n) is 17.1. The van der Waals surface area contributed by atoms with Gasteiger partial charge < -0.3 is 9.80 Å². The second kappa shape index (κ2) is 8.08. The van der Waals surface area contributed by atoms with Crippen molar-refractivity contribution in [3.8, 4) is 0 Å². The van der Waals surface area contributed by atoms with Crippen LogP contribution < -0.4 is 0 Å². The van der Waals surface area contributed by atoms with Crippen LogP contribution in [0.25, 0.3) is 0 Å². The maximum atomic E-state index is 13.3. The van der Waals surface area contributed by atoms with Crippen LogP contribution in [0.3, 0.4) is 0 Å². The number of carbonyl (C=O) groups excluding carboxylic acids is 3. The van der Waals surface area contributed by atoms with Crippen LogP contribution in [0.2, 0.25) is 0 Å². The van der Waals surface area contributed by atoms with E-state index in [1.165, 1.54) is 18.0 Å². The Morgan fingerprint density at radius 3 is 2.38 bits per heavy atom. The van der Waals surface area contributed by atoms with Crippen LogP contribution in [0.5, 0.6) is 0 Å². The van der Waals surface area contributed by atoms with E-state index in [1.54, 1.807) is 9.80 Å². The van der Waals surface area contributed by atoms with Gasteiger partial charge >= 0.3 is 6.03 Å². The number of benzene rings is 1. The SMILES string of the molecule is CC(C)CN1C(=O)N(C)C(=O)C12CCN(C(=O)CCc1ccc(F)c(F)c1)CC2. The molecule has 2 saturated heterocycles. The van der Waals surface area contributed by atoms with E-state index >= 15 is 0 Å². The first-order valence-electron chi connectivity index (χ1n) is 9.97. The van der Waals surface area contributed by atoms with Crippen molar-refractivity contribution < 1.29 is 23.2 Å². The summed E-state index contributed by atoms with van der Waals surface area (Å²) in [6.45, 7) is 5.27. The predicted octanol–water partition coefficient (Wildman–Crippen LogP) is 2.81. The fraction of sp³-hybridized carbons (Fsp3) is 0.571. The fourth-order valence-electron chi connectivity index (χ4n) is 4.21. The number of aryl methyl sites for hydroxylation is 1. The second-order valence-corrected chi connectivity index (χ2v) is 8.31. The molecule has 29 heavy (non-hydrogen) atoms. The van der Waals surface area contributed by atoms with Crippen LogP contribution in [0.4, 0.5) is 13.6 Å². The van der Waals surface area contributed by atoms with Gasteiger partial charge in [-0.05, 0) is 42.9 Å².